The zero-order valence-electron chi connectivity index (χ0n) is 10.3. The van der Waals surface area contributed by atoms with Crippen LogP contribution in [0.1, 0.15) is 35.2 Å². The first kappa shape index (κ1) is 13.2. The van der Waals surface area contributed by atoms with Gasteiger partial charge >= 0.3 is 11.9 Å². The highest BCUT2D eigenvalue weighted by atomic mass is 16.5. The molecule has 3 N–H and O–H groups in total. The third-order valence-electron chi connectivity index (χ3n) is 3.67. The van der Waals surface area contributed by atoms with Gasteiger partial charge in [0.25, 0.3) is 0 Å². The van der Waals surface area contributed by atoms with Gasteiger partial charge in [0.05, 0.1) is 18.1 Å². The van der Waals surface area contributed by atoms with Gasteiger partial charge in [0.2, 0.25) is 0 Å². The fraction of sp³-hybridized carbons (Fsp3) is 0.385. The van der Waals surface area contributed by atoms with Crippen molar-refractivity contribution in [3.05, 3.63) is 23.3 Å². The number of hydrogen-bond donors (Lipinski definition) is 3. The Morgan fingerprint density at radius 2 is 1.89 bits per heavy atom. The molecule has 0 atom stereocenters. The molecule has 1 saturated carbocycles. The van der Waals surface area contributed by atoms with E-state index in [2.05, 4.69) is 0 Å². The number of hydrogen-bond acceptors (Lipinski definition) is 4. The second kappa shape index (κ2) is 4.46. The highest BCUT2D eigenvalue weighted by molar-refractivity contribution is 5.91. The van der Waals surface area contributed by atoms with Gasteiger partial charge in [-0.3, -0.25) is 4.79 Å². The van der Waals surface area contributed by atoms with E-state index in [0.29, 0.717) is 12.8 Å². The van der Waals surface area contributed by atoms with Gasteiger partial charge in [0, 0.05) is 5.56 Å². The molecule has 0 radical (unpaired) electrons. The van der Waals surface area contributed by atoms with Crippen molar-refractivity contribution in [2.75, 3.05) is 7.11 Å². The summed E-state index contributed by atoms with van der Waals surface area (Å²) >= 11 is 0. The van der Waals surface area contributed by atoms with Gasteiger partial charge in [-0.25, -0.2) is 4.79 Å². The summed E-state index contributed by atoms with van der Waals surface area (Å²) in [7, 11) is 1.29. The molecule has 0 saturated heterocycles. The molecule has 0 amide bonds. The lowest BCUT2D eigenvalue weighted by atomic mass is 9.64. The van der Waals surface area contributed by atoms with Crippen LogP contribution in [0.3, 0.4) is 0 Å². The summed E-state index contributed by atoms with van der Waals surface area (Å²) in [5, 5.41) is 28.4. The molecule has 0 aromatic heterocycles. The lowest BCUT2D eigenvalue weighted by molar-refractivity contribution is -0.147. The third-order valence-corrected chi connectivity index (χ3v) is 3.67. The number of carbonyl (C=O) groups is 2. The number of rotatable bonds is 4. The Morgan fingerprint density at radius 3 is 2.26 bits per heavy atom. The van der Waals surface area contributed by atoms with Crippen LogP contribution in [0.25, 0.3) is 0 Å². The van der Waals surface area contributed by atoms with E-state index in [1.165, 1.54) is 19.2 Å². The van der Waals surface area contributed by atoms with Crippen molar-refractivity contribution < 1.29 is 29.6 Å². The summed E-state index contributed by atoms with van der Waals surface area (Å²) in [6.07, 6.45) is 1.48. The summed E-state index contributed by atoms with van der Waals surface area (Å²) in [6, 6.07) is 2.39. The highest BCUT2D eigenvalue weighted by Gasteiger charge is 2.48. The normalized spacial score (nSPS) is 16.5. The standard InChI is InChI=1S/C13H14O6/c1-19-9-6-7(11(15)16)5-8(10(9)14)13(12(17)18)3-2-4-13/h5-6,14H,2-4H2,1H3,(H,15,16)(H,17,18). The Morgan fingerprint density at radius 1 is 1.26 bits per heavy atom. The molecule has 6 nitrogen and oxygen atoms in total. The number of carboxylic acid groups (broad SMARTS) is 2. The Labute approximate surface area is 109 Å². The summed E-state index contributed by atoms with van der Waals surface area (Å²) in [6.45, 7) is 0. The molecule has 0 spiro atoms. The molecule has 19 heavy (non-hydrogen) atoms. The van der Waals surface area contributed by atoms with Crippen molar-refractivity contribution in [3.63, 3.8) is 0 Å². The van der Waals surface area contributed by atoms with Crippen LogP contribution in [0.4, 0.5) is 0 Å². The minimum atomic E-state index is -1.21. The van der Waals surface area contributed by atoms with E-state index >= 15 is 0 Å². The molecule has 102 valence electrons. The SMILES string of the molecule is COc1cc(C(=O)O)cc(C2(C(=O)O)CCC2)c1O. The maximum absolute atomic E-state index is 11.4. The van der Waals surface area contributed by atoms with E-state index in [1.54, 1.807) is 0 Å². The van der Waals surface area contributed by atoms with E-state index in [0.717, 1.165) is 6.42 Å². The van der Waals surface area contributed by atoms with Gasteiger partial charge in [-0.1, -0.05) is 6.42 Å². The zero-order valence-corrected chi connectivity index (χ0v) is 10.3. The van der Waals surface area contributed by atoms with Gasteiger partial charge in [-0.2, -0.15) is 0 Å². The van der Waals surface area contributed by atoms with Crippen molar-refractivity contribution >= 4 is 11.9 Å². The molecule has 6 heteroatoms. The molecule has 0 bridgehead atoms. The number of benzene rings is 1. The predicted octanol–water partition coefficient (Wildman–Crippen LogP) is 1.61. The minimum Gasteiger partial charge on any atom is -0.504 e. The van der Waals surface area contributed by atoms with Crippen LogP contribution in [0.5, 0.6) is 11.5 Å². The molecule has 2 rings (SSSR count). The molecule has 1 aromatic carbocycles. The molecule has 1 fully saturated rings. The van der Waals surface area contributed by atoms with Gasteiger partial charge < -0.3 is 20.1 Å². The van der Waals surface area contributed by atoms with E-state index in [-0.39, 0.29) is 22.6 Å². The second-order valence-corrected chi connectivity index (χ2v) is 4.62. The number of phenolic OH excluding ortho intramolecular Hbond substituents is 1. The van der Waals surface area contributed by atoms with Gasteiger partial charge in [-0.05, 0) is 25.0 Å². The van der Waals surface area contributed by atoms with Crippen LogP contribution >= 0.6 is 0 Å². The fourth-order valence-corrected chi connectivity index (χ4v) is 2.38. The van der Waals surface area contributed by atoms with Crippen LogP contribution in [-0.4, -0.2) is 34.4 Å². The zero-order chi connectivity index (χ0) is 14.2. The quantitative estimate of drug-likeness (QED) is 0.764. The van der Waals surface area contributed by atoms with E-state index in [9.17, 15) is 19.8 Å². The molecule has 1 aliphatic rings. The number of phenols is 1. The number of carboxylic acids is 2. The lowest BCUT2D eigenvalue weighted by Crippen LogP contribution is -2.42. The Hall–Kier alpha value is -2.24. The average molecular weight is 266 g/mol. The Kier molecular flexibility index (Phi) is 3.09. The van der Waals surface area contributed by atoms with Crippen LogP contribution in [-0.2, 0) is 10.2 Å². The van der Waals surface area contributed by atoms with Crippen molar-refractivity contribution in [3.8, 4) is 11.5 Å². The second-order valence-electron chi connectivity index (χ2n) is 4.62. The van der Waals surface area contributed by atoms with Crippen molar-refractivity contribution in [2.45, 2.75) is 24.7 Å². The Balaban J connectivity index is 2.64. The van der Waals surface area contributed by atoms with Crippen molar-refractivity contribution in [1.82, 2.24) is 0 Å². The molecule has 0 unspecified atom stereocenters. The van der Waals surface area contributed by atoms with Crippen LogP contribution in [0.15, 0.2) is 12.1 Å². The van der Waals surface area contributed by atoms with E-state index < -0.39 is 17.4 Å². The van der Waals surface area contributed by atoms with Gasteiger partial charge in [0.15, 0.2) is 11.5 Å². The van der Waals surface area contributed by atoms with Crippen molar-refractivity contribution in [2.24, 2.45) is 0 Å². The number of aromatic carboxylic acids is 1. The molecule has 1 aliphatic carbocycles. The number of aliphatic carboxylic acids is 1. The lowest BCUT2D eigenvalue weighted by Gasteiger charge is -2.38. The first-order valence-corrected chi connectivity index (χ1v) is 5.80. The fourth-order valence-electron chi connectivity index (χ4n) is 2.38. The molecular weight excluding hydrogens is 252 g/mol. The minimum absolute atomic E-state index is 0.0255. The average Bonchev–Trinajstić information content (AvgIpc) is 2.28. The highest BCUT2D eigenvalue weighted by Crippen LogP contribution is 2.49. The summed E-state index contributed by atoms with van der Waals surface area (Å²) in [4.78, 5) is 22.5. The van der Waals surface area contributed by atoms with E-state index in [4.69, 9.17) is 9.84 Å². The van der Waals surface area contributed by atoms with E-state index in [1.807, 2.05) is 0 Å². The maximum atomic E-state index is 11.4. The summed E-state index contributed by atoms with van der Waals surface area (Å²) < 4.78 is 4.91. The molecular formula is C13H14O6. The topological polar surface area (TPSA) is 104 Å². The Bertz CT molecular complexity index is 544. The predicted molar refractivity (Wildman–Crippen MR) is 64.8 cm³/mol. The summed E-state index contributed by atoms with van der Waals surface area (Å²) in [5.41, 5.74) is -1.19. The molecule has 0 aliphatic heterocycles. The van der Waals surface area contributed by atoms with Crippen LogP contribution in [0.2, 0.25) is 0 Å². The van der Waals surface area contributed by atoms with Crippen LogP contribution in [0, 0.1) is 0 Å². The first-order valence-electron chi connectivity index (χ1n) is 5.80. The van der Waals surface area contributed by atoms with Gasteiger partial charge in [0.1, 0.15) is 0 Å². The number of aromatic hydroxyl groups is 1. The van der Waals surface area contributed by atoms with Crippen LogP contribution < -0.4 is 4.74 Å². The third kappa shape index (κ3) is 1.89. The molecule has 1 aromatic rings. The monoisotopic (exact) mass is 266 g/mol. The number of ether oxygens (including phenoxy) is 1. The maximum Gasteiger partial charge on any atom is 0.335 e. The largest absolute Gasteiger partial charge is 0.504 e. The first-order chi connectivity index (χ1) is 8.92. The van der Waals surface area contributed by atoms with Gasteiger partial charge in [-0.15, -0.1) is 0 Å². The summed E-state index contributed by atoms with van der Waals surface area (Å²) in [5.74, 6) is -2.57. The van der Waals surface area contributed by atoms with Crippen molar-refractivity contribution in [1.29, 1.82) is 0 Å². The smallest absolute Gasteiger partial charge is 0.335 e. The number of methoxy groups -OCH3 is 1. The molecule has 0 heterocycles.